The maximum absolute atomic E-state index is 11.6. The summed E-state index contributed by atoms with van der Waals surface area (Å²) in [6, 6.07) is 1.72. The minimum atomic E-state index is -0.365. The van der Waals surface area contributed by atoms with Crippen molar-refractivity contribution >= 4 is 21.8 Å². The Balaban J connectivity index is 2.31. The van der Waals surface area contributed by atoms with Gasteiger partial charge in [-0.15, -0.1) is 0 Å². The van der Waals surface area contributed by atoms with Crippen LogP contribution in [0.1, 0.15) is 30.8 Å². The third-order valence-electron chi connectivity index (χ3n) is 2.39. The van der Waals surface area contributed by atoms with Gasteiger partial charge in [0.1, 0.15) is 5.69 Å². The Labute approximate surface area is 104 Å². The maximum atomic E-state index is 11.6. The summed E-state index contributed by atoms with van der Waals surface area (Å²) in [5.74, 6) is 0.0678. The molecule has 1 atom stereocenters. The Morgan fingerprint density at radius 2 is 2.31 bits per heavy atom. The van der Waals surface area contributed by atoms with Gasteiger partial charge in [0.05, 0.1) is 6.10 Å². The number of carbonyl (C=O) groups excluding carboxylic acids is 1. The van der Waals surface area contributed by atoms with Crippen molar-refractivity contribution in [3.63, 3.8) is 0 Å². The van der Waals surface area contributed by atoms with Gasteiger partial charge < -0.3 is 15.4 Å². The van der Waals surface area contributed by atoms with Crippen molar-refractivity contribution in [1.82, 2.24) is 10.3 Å². The van der Waals surface area contributed by atoms with Crippen molar-refractivity contribution in [3.05, 3.63) is 22.4 Å². The van der Waals surface area contributed by atoms with Gasteiger partial charge in [-0.25, -0.2) is 0 Å². The fourth-order valence-corrected chi connectivity index (χ4v) is 1.60. The molecular formula is C11H17BrN2O2. The van der Waals surface area contributed by atoms with Crippen LogP contribution in [0.2, 0.25) is 0 Å². The van der Waals surface area contributed by atoms with Crippen LogP contribution in [0.15, 0.2) is 16.7 Å². The van der Waals surface area contributed by atoms with Gasteiger partial charge in [0.2, 0.25) is 0 Å². The number of H-pyrrole nitrogens is 1. The molecule has 0 spiro atoms. The van der Waals surface area contributed by atoms with Crippen molar-refractivity contribution in [1.29, 1.82) is 0 Å². The van der Waals surface area contributed by atoms with E-state index >= 15 is 0 Å². The van der Waals surface area contributed by atoms with Crippen LogP contribution in [-0.2, 0) is 0 Å². The van der Waals surface area contributed by atoms with Gasteiger partial charge in [-0.05, 0) is 34.3 Å². The van der Waals surface area contributed by atoms with Crippen LogP contribution in [0.4, 0.5) is 0 Å². The van der Waals surface area contributed by atoms with E-state index < -0.39 is 0 Å². The molecule has 0 saturated heterocycles. The Morgan fingerprint density at radius 1 is 1.62 bits per heavy atom. The van der Waals surface area contributed by atoms with E-state index in [1.807, 2.05) is 13.8 Å². The Morgan fingerprint density at radius 3 is 2.81 bits per heavy atom. The topological polar surface area (TPSA) is 65.1 Å². The van der Waals surface area contributed by atoms with E-state index in [-0.39, 0.29) is 17.9 Å². The number of aliphatic hydroxyl groups excluding tert-OH is 1. The first-order chi connectivity index (χ1) is 7.50. The summed E-state index contributed by atoms with van der Waals surface area (Å²) < 4.78 is 0.847. The van der Waals surface area contributed by atoms with Crippen molar-refractivity contribution in [2.75, 3.05) is 6.54 Å². The first kappa shape index (κ1) is 13.3. The number of nitrogens with one attached hydrogen (secondary N) is 2. The van der Waals surface area contributed by atoms with E-state index in [2.05, 4.69) is 26.2 Å². The quantitative estimate of drug-likeness (QED) is 0.775. The first-order valence-corrected chi connectivity index (χ1v) is 6.10. The van der Waals surface area contributed by atoms with E-state index in [1.54, 1.807) is 12.3 Å². The molecular weight excluding hydrogens is 272 g/mol. The average Bonchev–Trinajstić information content (AvgIpc) is 2.64. The lowest BCUT2D eigenvalue weighted by Gasteiger charge is -2.14. The molecule has 1 unspecified atom stereocenters. The summed E-state index contributed by atoms with van der Waals surface area (Å²) >= 11 is 3.26. The Hall–Kier alpha value is -0.810. The zero-order valence-corrected chi connectivity index (χ0v) is 11.0. The van der Waals surface area contributed by atoms with E-state index in [0.29, 0.717) is 18.7 Å². The normalized spacial score (nSPS) is 12.8. The molecule has 1 heterocycles. The highest BCUT2D eigenvalue weighted by Crippen LogP contribution is 2.10. The van der Waals surface area contributed by atoms with Gasteiger partial charge >= 0.3 is 0 Å². The molecule has 0 aliphatic carbocycles. The van der Waals surface area contributed by atoms with Gasteiger partial charge in [-0.3, -0.25) is 4.79 Å². The minimum Gasteiger partial charge on any atom is -0.393 e. The van der Waals surface area contributed by atoms with Gasteiger partial charge in [0.15, 0.2) is 0 Å². The molecule has 1 rings (SSSR count). The average molecular weight is 289 g/mol. The monoisotopic (exact) mass is 288 g/mol. The predicted molar refractivity (Wildman–Crippen MR) is 66.3 cm³/mol. The van der Waals surface area contributed by atoms with Crippen LogP contribution in [0.3, 0.4) is 0 Å². The van der Waals surface area contributed by atoms with Crippen LogP contribution >= 0.6 is 15.9 Å². The highest BCUT2D eigenvalue weighted by molar-refractivity contribution is 9.10. The molecule has 0 radical (unpaired) electrons. The molecule has 16 heavy (non-hydrogen) atoms. The number of hydrogen-bond donors (Lipinski definition) is 3. The third kappa shape index (κ3) is 3.98. The van der Waals surface area contributed by atoms with Crippen LogP contribution in [0, 0.1) is 5.92 Å². The zero-order chi connectivity index (χ0) is 12.1. The van der Waals surface area contributed by atoms with Crippen LogP contribution in [0.5, 0.6) is 0 Å². The molecule has 1 aromatic heterocycles. The Bertz CT molecular complexity index is 350. The van der Waals surface area contributed by atoms with E-state index in [1.165, 1.54) is 0 Å². The second kappa shape index (κ2) is 6.06. The van der Waals surface area contributed by atoms with Crippen molar-refractivity contribution in [2.24, 2.45) is 5.92 Å². The van der Waals surface area contributed by atoms with Crippen LogP contribution < -0.4 is 5.32 Å². The van der Waals surface area contributed by atoms with E-state index in [9.17, 15) is 9.90 Å². The summed E-state index contributed by atoms with van der Waals surface area (Å²) in [5.41, 5.74) is 0.519. The molecule has 1 aromatic rings. The number of amides is 1. The molecule has 0 aliphatic rings. The molecule has 0 bridgehead atoms. The molecule has 5 heteroatoms. The number of aliphatic hydroxyl groups is 1. The number of rotatable bonds is 5. The molecule has 3 N–H and O–H groups in total. The molecule has 0 fully saturated rings. The van der Waals surface area contributed by atoms with Gasteiger partial charge in [0.25, 0.3) is 5.91 Å². The predicted octanol–water partition coefficient (Wildman–Crippen LogP) is 1.91. The van der Waals surface area contributed by atoms with E-state index in [4.69, 9.17) is 0 Å². The highest BCUT2D eigenvalue weighted by atomic mass is 79.9. The fourth-order valence-electron chi connectivity index (χ4n) is 1.26. The number of carbonyl (C=O) groups is 1. The molecule has 0 aromatic carbocycles. The van der Waals surface area contributed by atoms with Gasteiger partial charge in [0, 0.05) is 17.2 Å². The van der Waals surface area contributed by atoms with Crippen LogP contribution in [-0.4, -0.2) is 28.6 Å². The summed E-state index contributed by atoms with van der Waals surface area (Å²) in [6.45, 7) is 4.39. The molecule has 1 amide bonds. The van der Waals surface area contributed by atoms with E-state index in [0.717, 1.165) is 4.47 Å². The molecule has 4 nitrogen and oxygen atoms in total. The SMILES string of the molecule is CC(C)C(O)CCNC(=O)c1cc(Br)c[nH]1. The molecule has 0 saturated carbocycles. The van der Waals surface area contributed by atoms with Gasteiger partial charge in [-0.1, -0.05) is 13.8 Å². The number of halogens is 1. The fraction of sp³-hybridized carbons (Fsp3) is 0.545. The smallest absolute Gasteiger partial charge is 0.267 e. The van der Waals surface area contributed by atoms with Crippen LogP contribution in [0.25, 0.3) is 0 Å². The lowest BCUT2D eigenvalue weighted by molar-refractivity contribution is 0.0916. The summed E-state index contributed by atoms with van der Waals surface area (Å²) in [6.07, 6.45) is 1.92. The standard InChI is InChI=1S/C11H17BrN2O2/c1-7(2)10(15)3-4-13-11(16)9-5-8(12)6-14-9/h5-7,10,14-15H,3-4H2,1-2H3,(H,13,16). The summed E-state index contributed by atoms with van der Waals surface area (Å²) in [4.78, 5) is 14.4. The maximum Gasteiger partial charge on any atom is 0.267 e. The minimum absolute atomic E-state index is 0.151. The third-order valence-corrected chi connectivity index (χ3v) is 2.85. The summed E-state index contributed by atoms with van der Waals surface area (Å²) in [7, 11) is 0. The van der Waals surface area contributed by atoms with Crippen molar-refractivity contribution in [3.8, 4) is 0 Å². The number of aromatic nitrogens is 1. The van der Waals surface area contributed by atoms with Gasteiger partial charge in [-0.2, -0.15) is 0 Å². The summed E-state index contributed by atoms with van der Waals surface area (Å²) in [5, 5.41) is 12.3. The lowest BCUT2D eigenvalue weighted by atomic mass is 10.0. The first-order valence-electron chi connectivity index (χ1n) is 5.31. The highest BCUT2D eigenvalue weighted by Gasteiger charge is 2.11. The number of aromatic amines is 1. The largest absolute Gasteiger partial charge is 0.393 e. The van der Waals surface area contributed by atoms with Crippen molar-refractivity contribution in [2.45, 2.75) is 26.4 Å². The zero-order valence-electron chi connectivity index (χ0n) is 9.46. The molecule has 90 valence electrons. The van der Waals surface area contributed by atoms with Crippen molar-refractivity contribution < 1.29 is 9.90 Å². The Kier molecular flexibility index (Phi) is 5.02. The second-order valence-corrected chi connectivity index (χ2v) is 5.00. The molecule has 0 aliphatic heterocycles. The number of hydrogen-bond acceptors (Lipinski definition) is 2. The second-order valence-electron chi connectivity index (χ2n) is 4.09. The lowest BCUT2D eigenvalue weighted by Crippen LogP contribution is -2.28.